The summed E-state index contributed by atoms with van der Waals surface area (Å²) in [6.45, 7) is 3.33. The van der Waals surface area contributed by atoms with Gasteiger partial charge in [0.1, 0.15) is 0 Å². The van der Waals surface area contributed by atoms with Gasteiger partial charge < -0.3 is 4.90 Å². The Hall–Kier alpha value is -0.500. The Balaban J connectivity index is 0. The third-order valence-electron chi connectivity index (χ3n) is 0.454. The van der Waals surface area contributed by atoms with Gasteiger partial charge in [0.05, 0.1) is 0 Å². The summed E-state index contributed by atoms with van der Waals surface area (Å²) in [6.07, 6.45) is 2.12. The van der Waals surface area contributed by atoms with E-state index >= 15 is 0 Å². The van der Waals surface area contributed by atoms with Crippen molar-refractivity contribution in [3.8, 4) is 0 Å². The van der Waals surface area contributed by atoms with Crippen molar-refractivity contribution < 1.29 is 4.79 Å². The monoisotopic (exact) mass is 121 g/mol. The second kappa shape index (κ2) is 5.50. The molecule has 0 saturated heterocycles. The zero-order chi connectivity index (χ0) is 4.99. The maximum absolute atomic E-state index is 9.59. The molecule has 7 heavy (non-hydrogen) atoms. The van der Waals surface area contributed by atoms with Crippen molar-refractivity contribution in [1.29, 1.82) is 0 Å². The standard InChI is InChI=1S/C4H7NO.ClH/c1-3-5(2)4-6;/h3-4H,1H2,2H3;1H. The second-order valence-electron chi connectivity index (χ2n) is 0.953. The van der Waals surface area contributed by atoms with E-state index in [1.54, 1.807) is 7.05 Å². The Morgan fingerprint density at radius 1 is 1.71 bits per heavy atom. The summed E-state index contributed by atoms with van der Waals surface area (Å²) < 4.78 is 0. The molecular formula is C4H8ClNO. The van der Waals surface area contributed by atoms with E-state index in [4.69, 9.17) is 0 Å². The molecule has 0 rings (SSSR count). The van der Waals surface area contributed by atoms with Crippen molar-refractivity contribution in [2.24, 2.45) is 0 Å². The fraction of sp³-hybridized carbons (Fsp3) is 0.250. The highest BCUT2D eigenvalue weighted by molar-refractivity contribution is 5.85. The lowest BCUT2D eigenvalue weighted by Gasteiger charge is -1.96. The predicted molar refractivity (Wildman–Crippen MR) is 31.3 cm³/mol. The van der Waals surface area contributed by atoms with Crippen LogP contribution in [0.4, 0.5) is 0 Å². The van der Waals surface area contributed by atoms with Crippen molar-refractivity contribution in [3.05, 3.63) is 12.8 Å². The van der Waals surface area contributed by atoms with Crippen LogP contribution < -0.4 is 0 Å². The lowest BCUT2D eigenvalue weighted by molar-refractivity contribution is -0.114. The van der Waals surface area contributed by atoms with Crippen LogP contribution >= 0.6 is 12.4 Å². The van der Waals surface area contributed by atoms with Crippen LogP contribution in [0.5, 0.6) is 0 Å². The van der Waals surface area contributed by atoms with E-state index in [2.05, 4.69) is 6.58 Å². The summed E-state index contributed by atoms with van der Waals surface area (Å²) in [5, 5.41) is 0. The minimum atomic E-state index is 0. The van der Waals surface area contributed by atoms with Crippen molar-refractivity contribution in [2.75, 3.05) is 7.05 Å². The van der Waals surface area contributed by atoms with Crippen LogP contribution in [0.1, 0.15) is 0 Å². The van der Waals surface area contributed by atoms with Crippen LogP contribution in [0.2, 0.25) is 0 Å². The SMILES string of the molecule is C=CN(C)C=O.Cl. The Bertz CT molecular complexity index is 56.7. The molecule has 0 saturated carbocycles. The first kappa shape index (κ1) is 9.71. The molecule has 42 valence electrons. The molecule has 0 aromatic carbocycles. The number of hydrogen-bond acceptors (Lipinski definition) is 1. The predicted octanol–water partition coefficient (Wildman–Crippen LogP) is 0.640. The number of halogens is 1. The second-order valence-corrected chi connectivity index (χ2v) is 0.953. The highest BCUT2D eigenvalue weighted by atomic mass is 35.5. The van der Waals surface area contributed by atoms with Crippen LogP contribution in [-0.2, 0) is 4.79 Å². The molecule has 0 aromatic heterocycles. The summed E-state index contributed by atoms with van der Waals surface area (Å²) in [4.78, 5) is 10.9. The zero-order valence-corrected chi connectivity index (χ0v) is 4.94. The average Bonchev–Trinajstić information content (AvgIpc) is 1.65. The molecule has 3 heteroatoms. The molecule has 2 nitrogen and oxygen atoms in total. The van der Waals surface area contributed by atoms with Crippen molar-refractivity contribution in [3.63, 3.8) is 0 Å². The van der Waals surface area contributed by atoms with Crippen molar-refractivity contribution in [1.82, 2.24) is 4.90 Å². The maximum atomic E-state index is 9.59. The van der Waals surface area contributed by atoms with Gasteiger partial charge in [-0.3, -0.25) is 4.79 Å². The van der Waals surface area contributed by atoms with Crippen molar-refractivity contribution in [2.45, 2.75) is 0 Å². The first-order valence-corrected chi connectivity index (χ1v) is 1.61. The maximum Gasteiger partial charge on any atom is 0.213 e. The number of carbonyl (C=O) groups excluding carboxylic acids is 1. The van der Waals surface area contributed by atoms with E-state index in [0.717, 1.165) is 0 Å². The molecule has 0 aromatic rings. The summed E-state index contributed by atoms with van der Waals surface area (Å²) in [5.41, 5.74) is 0. The number of amides is 1. The van der Waals surface area contributed by atoms with E-state index in [-0.39, 0.29) is 12.4 Å². The average molecular weight is 122 g/mol. The normalized spacial score (nSPS) is 5.86. The van der Waals surface area contributed by atoms with E-state index in [1.165, 1.54) is 11.1 Å². The van der Waals surface area contributed by atoms with Gasteiger partial charge in [-0.15, -0.1) is 12.4 Å². The molecule has 1 amide bonds. The third kappa shape index (κ3) is 5.50. The van der Waals surface area contributed by atoms with Crippen LogP contribution in [0.3, 0.4) is 0 Å². The molecule has 0 spiro atoms. The van der Waals surface area contributed by atoms with Gasteiger partial charge >= 0.3 is 0 Å². The van der Waals surface area contributed by atoms with Gasteiger partial charge in [-0.1, -0.05) is 6.58 Å². The Labute approximate surface area is 49.2 Å². The lowest BCUT2D eigenvalue weighted by atomic mass is 10.8. The molecule has 0 aliphatic heterocycles. The fourth-order valence-corrected chi connectivity index (χ4v) is 0.0430. The van der Waals surface area contributed by atoms with Crippen molar-refractivity contribution >= 4 is 18.8 Å². The molecule has 0 unspecified atom stereocenters. The Morgan fingerprint density at radius 2 is 2.14 bits per heavy atom. The largest absolute Gasteiger partial charge is 0.325 e. The van der Waals surface area contributed by atoms with Gasteiger partial charge in [0.25, 0.3) is 0 Å². The first-order chi connectivity index (χ1) is 2.81. The van der Waals surface area contributed by atoms with Gasteiger partial charge in [-0.2, -0.15) is 0 Å². The van der Waals surface area contributed by atoms with Gasteiger partial charge in [0.15, 0.2) is 0 Å². The molecule has 0 heterocycles. The number of nitrogens with zero attached hydrogens (tertiary/aromatic N) is 1. The van der Waals surface area contributed by atoms with E-state index < -0.39 is 0 Å². The van der Waals surface area contributed by atoms with Crippen LogP contribution in [0.25, 0.3) is 0 Å². The van der Waals surface area contributed by atoms with Gasteiger partial charge in [-0.05, 0) is 6.20 Å². The summed E-state index contributed by atoms with van der Waals surface area (Å²) in [5.74, 6) is 0. The van der Waals surface area contributed by atoms with Crippen LogP contribution in [0.15, 0.2) is 12.8 Å². The molecule has 0 radical (unpaired) electrons. The molecule has 0 fully saturated rings. The van der Waals surface area contributed by atoms with Crippen LogP contribution in [0, 0.1) is 0 Å². The minimum absolute atomic E-state index is 0. The molecule has 0 atom stereocenters. The minimum Gasteiger partial charge on any atom is -0.325 e. The highest BCUT2D eigenvalue weighted by Gasteiger charge is 1.73. The number of rotatable bonds is 2. The highest BCUT2D eigenvalue weighted by Crippen LogP contribution is 1.67. The van der Waals surface area contributed by atoms with Gasteiger partial charge in [0, 0.05) is 7.05 Å². The summed E-state index contributed by atoms with van der Waals surface area (Å²) >= 11 is 0. The van der Waals surface area contributed by atoms with E-state index in [1.807, 2.05) is 0 Å². The van der Waals surface area contributed by atoms with E-state index in [0.29, 0.717) is 6.41 Å². The molecule has 0 N–H and O–H groups in total. The third-order valence-corrected chi connectivity index (χ3v) is 0.454. The summed E-state index contributed by atoms with van der Waals surface area (Å²) in [7, 11) is 1.62. The zero-order valence-electron chi connectivity index (χ0n) is 4.13. The van der Waals surface area contributed by atoms with E-state index in [9.17, 15) is 4.79 Å². The topological polar surface area (TPSA) is 20.3 Å². The Morgan fingerprint density at radius 3 is 2.14 bits per heavy atom. The Kier molecular flexibility index (Phi) is 7.63. The smallest absolute Gasteiger partial charge is 0.213 e. The molecule has 0 aliphatic carbocycles. The number of carbonyl (C=O) groups is 1. The quantitative estimate of drug-likeness (QED) is 0.491. The van der Waals surface area contributed by atoms with Crippen LogP contribution in [-0.4, -0.2) is 18.4 Å². The van der Waals surface area contributed by atoms with Gasteiger partial charge in [0.2, 0.25) is 6.41 Å². The number of hydrogen-bond donors (Lipinski definition) is 0. The lowest BCUT2D eigenvalue weighted by Crippen LogP contribution is -2.04. The first-order valence-electron chi connectivity index (χ1n) is 1.61. The molecular weight excluding hydrogens is 114 g/mol. The summed E-state index contributed by atoms with van der Waals surface area (Å²) in [6, 6.07) is 0. The molecule has 0 bridgehead atoms. The fourth-order valence-electron chi connectivity index (χ4n) is 0.0430. The molecule has 0 aliphatic rings. The van der Waals surface area contributed by atoms with Gasteiger partial charge in [-0.25, -0.2) is 0 Å².